The number of nitrogens with zero attached hydrogens (tertiary/aromatic N) is 3. The van der Waals surface area contributed by atoms with E-state index in [2.05, 4.69) is 36.2 Å². The van der Waals surface area contributed by atoms with Crippen LogP contribution in [-0.4, -0.2) is 35.8 Å². The lowest BCUT2D eigenvalue weighted by Crippen LogP contribution is -2.41. The molecule has 1 aromatic heterocycles. The lowest BCUT2D eigenvalue weighted by molar-refractivity contribution is 0.154. The van der Waals surface area contributed by atoms with Gasteiger partial charge in [-0.3, -0.25) is 5.43 Å². The molecular weight excluding hydrogens is 290 g/mol. The summed E-state index contributed by atoms with van der Waals surface area (Å²) in [6.07, 6.45) is 4.33. The van der Waals surface area contributed by atoms with Crippen LogP contribution in [0.5, 0.6) is 0 Å². The number of nitrogen functional groups attached to an aromatic ring is 1. The number of nitrogens with one attached hydrogen (secondary N) is 1. The lowest BCUT2D eigenvalue weighted by atomic mass is 9.76. The Morgan fingerprint density at radius 3 is 2.19 bits per heavy atom. The van der Waals surface area contributed by atoms with E-state index in [-0.39, 0.29) is 16.3 Å². The molecule has 0 bridgehead atoms. The number of piperidine rings is 1. The van der Waals surface area contributed by atoms with E-state index < -0.39 is 10.0 Å². The molecule has 0 aromatic carbocycles. The Morgan fingerprint density at radius 2 is 1.76 bits per heavy atom. The molecule has 0 amide bonds. The molecule has 8 heteroatoms. The van der Waals surface area contributed by atoms with Crippen LogP contribution in [0.3, 0.4) is 0 Å². The maximum atomic E-state index is 12.5. The summed E-state index contributed by atoms with van der Waals surface area (Å²) in [6.45, 7) is 7.69. The first-order chi connectivity index (χ1) is 9.75. The number of aromatic nitrogens is 2. The third kappa shape index (κ3) is 3.50. The Balaban J connectivity index is 2.11. The molecule has 2 rings (SSSR count). The minimum atomic E-state index is -3.52. The Labute approximate surface area is 126 Å². The lowest BCUT2D eigenvalue weighted by Gasteiger charge is -2.38. The van der Waals surface area contributed by atoms with Crippen LogP contribution in [-0.2, 0) is 10.0 Å². The number of hydrogen-bond donors (Lipinski definition) is 2. The summed E-state index contributed by atoms with van der Waals surface area (Å²) in [6, 6.07) is 0. The van der Waals surface area contributed by atoms with Gasteiger partial charge in [0.05, 0.1) is 12.4 Å². The Bertz CT molecular complexity index is 572. The monoisotopic (exact) mass is 313 g/mol. The number of hydrazine groups is 1. The maximum Gasteiger partial charge on any atom is 0.246 e. The van der Waals surface area contributed by atoms with Gasteiger partial charge in [-0.15, -0.1) is 0 Å². The van der Waals surface area contributed by atoms with Crippen LogP contribution in [0.25, 0.3) is 0 Å². The first-order valence-electron chi connectivity index (χ1n) is 7.04. The molecule has 21 heavy (non-hydrogen) atoms. The molecule has 0 saturated carbocycles. The van der Waals surface area contributed by atoms with Crippen LogP contribution < -0.4 is 11.3 Å². The molecule has 1 fully saturated rings. The largest absolute Gasteiger partial charge is 0.292 e. The van der Waals surface area contributed by atoms with Crippen LogP contribution >= 0.6 is 0 Å². The highest BCUT2D eigenvalue weighted by Crippen LogP contribution is 2.35. The third-order valence-electron chi connectivity index (χ3n) is 4.07. The van der Waals surface area contributed by atoms with Crippen molar-refractivity contribution in [3.05, 3.63) is 12.4 Å². The Morgan fingerprint density at radius 1 is 1.24 bits per heavy atom. The van der Waals surface area contributed by atoms with Gasteiger partial charge < -0.3 is 0 Å². The molecule has 0 aliphatic carbocycles. The van der Waals surface area contributed by atoms with Gasteiger partial charge in [-0.2, -0.15) is 4.31 Å². The van der Waals surface area contributed by atoms with Crippen molar-refractivity contribution < 1.29 is 8.42 Å². The van der Waals surface area contributed by atoms with Crippen molar-refractivity contribution in [3.8, 4) is 0 Å². The van der Waals surface area contributed by atoms with Crippen LogP contribution in [0.2, 0.25) is 0 Å². The second-order valence-electron chi connectivity index (χ2n) is 6.43. The minimum Gasteiger partial charge on any atom is -0.292 e. The summed E-state index contributed by atoms with van der Waals surface area (Å²) in [4.78, 5) is 7.83. The van der Waals surface area contributed by atoms with Gasteiger partial charge in [0.1, 0.15) is 4.90 Å². The number of rotatable bonds is 3. The summed E-state index contributed by atoms with van der Waals surface area (Å²) >= 11 is 0. The second kappa shape index (κ2) is 5.86. The van der Waals surface area contributed by atoms with E-state index in [0.717, 1.165) is 12.8 Å². The molecule has 0 atom stereocenters. The van der Waals surface area contributed by atoms with Gasteiger partial charge in [-0.1, -0.05) is 20.8 Å². The summed E-state index contributed by atoms with van der Waals surface area (Å²) in [7, 11) is -3.52. The quantitative estimate of drug-likeness (QED) is 0.642. The zero-order valence-electron chi connectivity index (χ0n) is 12.7. The maximum absolute atomic E-state index is 12.5. The molecular formula is C13H23N5O2S. The number of sulfonamides is 1. The van der Waals surface area contributed by atoms with Crippen molar-refractivity contribution in [1.29, 1.82) is 0 Å². The molecule has 0 radical (unpaired) electrons. The molecule has 0 spiro atoms. The predicted molar refractivity (Wildman–Crippen MR) is 80.8 cm³/mol. The van der Waals surface area contributed by atoms with Crippen molar-refractivity contribution >= 4 is 16.0 Å². The molecule has 3 N–H and O–H groups in total. The first-order valence-corrected chi connectivity index (χ1v) is 8.48. The summed E-state index contributed by atoms with van der Waals surface area (Å²) in [5, 5.41) is 0. The molecule has 0 unspecified atom stereocenters. The highest BCUT2D eigenvalue weighted by Gasteiger charge is 2.34. The number of hydrogen-bond acceptors (Lipinski definition) is 6. The van der Waals surface area contributed by atoms with Gasteiger partial charge in [0.15, 0.2) is 0 Å². The van der Waals surface area contributed by atoms with Crippen LogP contribution in [0.15, 0.2) is 17.3 Å². The van der Waals surface area contributed by atoms with Gasteiger partial charge in [0.2, 0.25) is 16.0 Å². The number of anilines is 1. The van der Waals surface area contributed by atoms with E-state index in [1.54, 1.807) is 0 Å². The van der Waals surface area contributed by atoms with Crippen LogP contribution in [0.1, 0.15) is 33.6 Å². The second-order valence-corrected chi connectivity index (χ2v) is 8.37. The average molecular weight is 313 g/mol. The average Bonchev–Trinajstić information content (AvgIpc) is 2.46. The summed E-state index contributed by atoms with van der Waals surface area (Å²) < 4.78 is 26.6. The fourth-order valence-electron chi connectivity index (χ4n) is 2.64. The molecule has 2 heterocycles. The zero-order valence-corrected chi connectivity index (χ0v) is 13.5. The van der Waals surface area contributed by atoms with E-state index >= 15 is 0 Å². The smallest absolute Gasteiger partial charge is 0.246 e. The van der Waals surface area contributed by atoms with E-state index in [4.69, 9.17) is 5.84 Å². The molecule has 7 nitrogen and oxygen atoms in total. The van der Waals surface area contributed by atoms with Gasteiger partial charge >= 0.3 is 0 Å². The van der Waals surface area contributed by atoms with Gasteiger partial charge in [0.25, 0.3) is 0 Å². The molecule has 1 aliphatic heterocycles. The first kappa shape index (κ1) is 16.1. The van der Waals surface area contributed by atoms with Gasteiger partial charge in [-0.25, -0.2) is 24.2 Å². The Kier molecular flexibility index (Phi) is 4.50. The summed E-state index contributed by atoms with van der Waals surface area (Å²) in [5.41, 5.74) is 2.49. The minimum absolute atomic E-state index is 0.107. The fraction of sp³-hybridized carbons (Fsp3) is 0.692. The van der Waals surface area contributed by atoms with Crippen molar-refractivity contribution in [2.75, 3.05) is 18.5 Å². The molecule has 118 valence electrons. The van der Waals surface area contributed by atoms with Gasteiger partial charge in [-0.05, 0) is 24.2 Å². The normalized spacial score (nSPS) is 18.7. The van der Waals surface area contributed by atoms with Crippen molar-refractivity contribution in [2.45, 2.75) is 38.5 Å². The van der Waals surface area contributed by atoms with E-state index in [1.807, 2.05) is 0 Å². The predicted octanol–water partition coefficient (Wildman–Crippen LogP) is 1.21. The topological polar surface area (TPSA) is 101 Å². The van der Waals surface area contributed by atoms with Crippen molar-refractivity contribution in [1.82, 2.24) is 14.3 Å². The Hall–Kier alpha value is -1.25. The number of nitrogens with two attached hydrogens (primary N) is 1. The highest BCUT2D eigenvalue weighted by atomic mass is 32.2. The van der Waals surface area contributed by atoms with E-state index in [0.29, 0.717) is 19.0 Å². The van der Waals surface area contributed by atoms with Crippen LogP contribution in [0.4, 0.5) is 5.95 Å². The van der Waals surface area contributed by atoms with Crippen molar-refractivity contribution in [2.24, 2.45) is 17.2 Å². The van der Waals surface area contributed by atoms with Crippen molar-refractivity contribution in [3.63, 3.8) is 0 Å². The van der Waals surface area contributed by atoms with Gasteiger partial charge in [0, 0.05) is 13.1 Å². The van der Waals surface area contributed by atoms with E-state index in [9.17, 15) is 8.42 Å². The van der Waals surface area contributed by atoms with E-state index in [1.165, 1.54) is 16.7 Å². The SMILES string of the molecule is CC(C)(C)C1CCN(S(=O)(=O)c2cnc(NN)nc2)CC1. The highest BCUT2D eigenvalue weighted by molar-refractivity contribution is 7.89. The van der Waals surface area contributed by atoms with Crippen LogP contribution in [0, 0.1) is 11.3 Å². The molecule has 1 saturated heterocycles. The third-order valence-corrected chi connectivity index (χ3v) is 5.93. The zero-order chi connectivity index (χ0) is 15.7. The standard InChI is InChI=1S/C13H23N5O2S/c1-13(2,3)10-4-6-18(7-5-10)21(19,20)11-8-15-12(17-14)16-9-11/h8-10H,4-7,14H2,1-3H3,(H,15,16,17). The molecule has 1 aromatic rings. The summed E-state index contributed by atoms with van der Waals surface area (Å²) in [5.74, 6) is 5.91. The molecule has 1 aliphatic rings. The fourth-order valence-corrected chi connectivity index (χ4v) is 4.00.